The lowest BCUT2D eigenvalue weighted by Gasteiger charge is -2.28. The van der Waals surface area contributed by atoms with Gasteiger partial charge in [-0.25, -0.2) is 0 Å². The van der Waals surface area contributed by atoms with Crippen LogP contribution in [0.15, 0.2) is 36.4 Å². The van der Waals surface area contributed by atoms with Crippen molar-refractivity contribution in [2.75, 3.05) is 11.9 Å². The van der Waals surface area contributed by atoms with Crippen LogP contribution in [0.3, 0.4) is 0 Å². The van der Waals surface area contributed by atoms with Crippen molar-refractivity contribution in [2.24, 2.45) is 5.92 Å². The highest BCUT2D eigenvalue weighted by atomic mass is 16.3. The average Bonchev–Trinajstić information content (AvgIpc) is 2.54. The van der Waals surface area contributed by atoms with Crippen molar-refractivity contribution in [3.8, 4) is 6.07 Å². The van der Waals surface area contributed by atoms with Crippen LogP contribution in [0.4, 0.5) is 5.69 Å². The zero-order chi connectivity index (χ0) is 14.7. The van der Waals surface area contributed by atoms with Crippen molar-refractivity contribution in [1.29, 1.82) is 5.26 Å². The maximum absolute atomic E-state index is 10.1. The number of nitrogens with one attached hydrogen (secondary N) is 1. The van der Waals surface area contributed by atoms with Crippen molar-refractivity contribution in [2.45, 2.75) is 31.8 Å². The van der Waals surface area contributed by atoms with E-state index in [1.807, 2.05) is 36.4 Å². The van der Waals surface area contributed by atoms with Gasteiger partial charge in [0.15, 0.2) is 0 Å². The van der Waals surface area contributed by atoms with Crippen molar-refractivity contribution in [3.05, 3.63) is 42.0 Å². The van der Waals surface area contributed by atoms with E-state index in [4.69, 9.17) is 0 Å². The second kappa shape index (κ2) is 6.15. The quantitative estimate of drug-likeness (QED) is 0.901. The van der Waals surface area contributed by atoms with Gasteiger partial charge in [-0.05, 0) is 25.0 Å². The molecule has 0 saturated heterocycles. The summed E-state index contributed by atoms with van der Waals surface area (Å²) < 4.78 is 0. The topological polar surface area (TPSA) is 56.0 Å². The van der Waals surface area contributed by atoms with E-state index in [9.17, 15) is 10.4 Å². The summed E-state index contributed by atoms with van der Waals surface area (Å²) in [5, 5.41) is 24.8. The zero-order valence-electron chi connectivity index (χ0n) is 12.0. The minimum atomic E-state index is -0.184. The number of hydrogen-bond donors (Lipinski definition) is 2. The van der Waals surface area contributed by atoms with E-state index in [1.165, 1.54) is 6.42 Å². The van der Waals surface area contributed by atoms with Gasteiger partial charge in [0.2, 0.25) is 0 Å². The second-order valence-corrected chi connectivity index (χ2v) is 5.81. The molecule has 0 radical (unpaired) electrons. The van der Waals surface area contributed by atoms with Gasteiger partial charge < -0.3 is 10.4 Å². The highest BCUT2D eigenvalue weighted by molar-refractivity contribution is 5.97. The third kappa shape index (κ3) is 2.86. The maximum atomic E-state index is 10.1. The fourth-order valence-corrected chi connectivity index (χ4v) is 3.22. The lowest BCUT2D eigenvalue weighted by atomic mass is 9.86. The molecule has 3 nitrogen and oxygen atoms in total. The molecule has 1 saturated carbocycles. The SMILES string of the molecule is N#Cc1ccc(NCC2CCCCC2O)c2ccccc12. The van der Waals surface area contributed by atoms with Crippen LogP contribution in [0.5, 0.6) is 0 Å². The van der Waals surface area contributed by atoms with Gasteiger partial charge in [0.25, 0.3) is 0 Å². The Balaban J connectivity index is 1.83. The third-order valence-corrected chi connectivity index (χ3v) is 4.47. The Kier molecular flexibility index (Phi) is 4.08. The van der Waals surface area contributed by atoms with Gasteiger partial charge in [-0.15, -0.1) is 0 Å². The number of aliphatic hydroxyl groups excluding tert-OH is 1. The first kappa shape index (κ1) is 13.9. The zero-order valence-corrected chi connectivity index (χ0v) is 12.0. The molecule has 108 valence electrons. The summed E-state index contributed by atoms with van der Waals surface area (Å²) in [6.45, 7) is 0.789. The van der Waals surface area contributed by atoms with E-state index >= 15 is 0 Å². The van der Waals surface area contributed by atoms with Gasteiger partial charge in [-0.3, -0.25) is 0 Å². The predicted molar refractivity (Wildman–Crippen MR) is 85.1 cm³/mol. The Morgan fingerprint density at radius 1 is 1.10 bits per heavy atom. The summed E-state index contributed by atoms with van der Waals surface area (Å²) in [6.07, 6.45) is 4.16. The van der Waals surface area contributed by atoms with E-state index in [0.717, 1.165) is 42.3 Å². The molecule has 2 aromatic carbocycles. The minimum absolute atomic E-state index is 0.184. The summed E-state index contributed by atoms with van der Waals surface area (Å²) >= 11 is 0. The molecule has 1 fully saturated rings. The summed E-state index contributed by atoms with van der Waals surface area (Å²) in [6, 6.07) is 14.0. The van der Waals surface area contributed by atoms with Gasteiger partial charge in [0.1, 0.15) is 0 Å². The lowest BCUT2D eigenvalue weighted by Crippen LogP contribution is -2.30. The van der Waals surface area contributed by atoms with Gasteiger partial charge in [-0.2, -0.15) is 5.26 Å². The predicted octanol–water partition coefficient (Wildman–Crippen LogP) is 3.67. The fourth-order valence-electron chi connectivity index (χ4n) is 3.22. The third-order valence-electron chi connectivity index (χ3n) is 4.47. The first-order chi connectivity index (χ1) is 10.3. The Bertz CT molecular complexity index is 674. The Morgan fingerprint density at radius 3 is 2.62 bits per heavy atom. The summed E-state index contributed by atoms with van der Waals surface area (Å²) in [7, 11) is 0. The monoisotopic (exact) mass is 280 g/mol. The van der Waals surface area contributed by atoms with E-state index in [1.54, 1.807) is 0 Å². The number of aliphatic hydroxyl groups is 1. The van der Waals surface area contributed by atoms with Crippen LogP contribution < -0.4 is 5.32 Å². The Labute approximate surface area is 125 Å². The lowest BCUT2D eigenvalue weighted by molar-refractivity contribution is 0.0763. The van der Waals surface area contributed by atoms with Crippen molar-refractivity contribution in [1.82, 2.24) is 0 Å². The Morgan fingerprint density at radius 2 is 1.86 bits per heavy atom. The molecule has 2 aromatic rings. The van der Waals surface area contributed by atoms with Gasteiger partial charge in [0, 0.05) is 28.9 Å². The molecule has 2 atom stereocenters. The first-order valence-corrected chi connectivity index (χ1v) is 7.63. The molecule has 0 aliphatic heterocycles. The number of nitrogens with zero attached hydrogens (tertiary/aromatic N) is 1. The van der Waals surface area contributed by atoms with Gasteiger partial charge >= 0.3 is 0 Å². The number of rotatable bonds is 3. The molecular weight excluding hydrogens is 260 g/mol. The molecule has 2 N–H and O–H groups in total. The molecule has 0 aromatic heterocycles. The molecule has 0 amide bonds. The van der Waals surface area contributed by atoms with Crippen LogP contribution in [0.25, 0.3) is 10.8 Å². The molecule has 3 heteroatoms. The average molecular weight is 280 g/mol. The van der Waals surface area contributed by atoms with Crippen LogP contribution >= 0.6 is 0 Å². The number of hydrogen-bond acceptors (Lipinski definition) is 3. The molecule has 3 rings (SSSR count). The van der Waals surface area contributed by atoms with Gasteiger partial charge in [0.05, 0.1) is 17.7 Å². The molecular formula is C18H20N2O. The second-order valence-electron chi connectivity index (χ2n) is 5.81. The maximum Gasteiger partial charge on any atom is 0.0998 e. The fraction of sp³-hybridized carbons (Fsp3) is 0.389. The molecule has 1 aliphatic carbocycles. The number of benzene rings is 2. The number of nitriles is 1. The van der Waals surface area contributed by atoms with Crippen molar-refractivity contribution < 1.29 is 5.11 Å². The highest BCUT2D eigenvalue weighted by Crippen LogP contribution is 2.28. The number of anilines is 1. The molecule has 0 heterocycles. The standard InChI is InChI=1S/C18H20N2O/c19-11-13-9-10-17(16-7-3-2-6-15(13)16)20-12-14-5-1-4-8-18(14)21/h2-3,6-7,9-10,14,18,20-21H,1,4-5,8,12H2. The van der Waals surface area contributed by atoms with Crippen LogP contribution in [0, 0.1) is 17.2 Å². The first-order valence-electron chi connectivity index (χ1n) is 7.63. The molecule has 2 unspecified atom stereocenters. The highest BCUT2D eigenvalue weighted by Gasteiger charge is 2.22. The number of fused-ring (bicyclic) bond motifs is 1. The van der Waals surface area contributed by atoms with E-state index in [0.29, 0.717) is 11.5 Å². The van der Waals surface area contributed by atoms with E-state index in [2.05, 4.69) is 11.4 Å². The van der Waals surface area contributed by atoms with Crippen molar-refractivity contribution in [3.63, 3.8) is 0 Å². The molecule has 1 aliphatic rings. The summed E-state index contributed by atoms with van der Waals surface area (Å²) in [5.41, 5.74) is 1.75. The summed E-state index contributed by atoms with van der Waals surface area (Å²) in [5.74, 6) is 0.327. The molecule has 0 bridgehead atoms. The van der Waals surface area contributed by atoms with Crippen LogP contribution in [0.2, 0.25) is 0 Å². The minimum Gasteiger partial charge on any atom is -0.393 e. The Hall–Kier alpha value is -2.05. The van der Waals surface area contributed by atoms with Crippen LogP contribution in [-0.4, -0.2) is 17.8 Å². The van der Waals surface area contributed by atoms with E-state index in [-0.39, 0.29) is 6.10 Å². The van der Waals surface area contributed by atoms with Crippen LogP contribution in [0.1, 0.15) is 31.2 Å². The van der Waals surface area contributed by atoms with Crippen molar-refractivity contribution >= 4 is 16.5 Å². The smallest absolute Gasteiger partial charge is 0.0998 e. The van der Waals surface area contributed by atoms with Crippen LogP contribution in [-0.2, 0) is 0 Å². The summed E-state index contributed by atoms with van der Waals surface area (Å²) in [4.78, 5) is 0. The largest absolute Gasteiger partial charge is 0.393 e. The molecule has 21 heavy (non-hydrogen) atoms. The van der Waals surface area contributed by atoms with E-state index < -0.39 is 0 Å². The van der Waals surface area contributed by atoms with Gasteiger partial charge in [-0.1, -0.05) is 37.1 Å². The normalized spacial score (nSPS) is 21.9. The molecule has 0 spiro atoms.